The Morgan fingerprint density at radius 2 is 1.91 bits per heavy atom. The molecule has 10 heteroatoms. The van der Waals surface area contributed by atoms with Crippen molar-refractivity contribution in [3.05, 3.63) is 78.2 Å². The third kappa shape index (κ3) is 5.81. The predicted molar refractivity (Wildman–Crippen MR) is 125 cm³/mol. The van der Waals surface area contributed by atoms with Gasteiger partial charge in [0.1, 0.15) is 12.4 Å². The molecule has 1 saturated heterocycles. The molecule has 2 aromatic carbocycles. The van der Waals surface area contributed by atoms with Crippen molar-refractivity contribution in [2.45, 2.75) is 23.3 Å². The average Bonchev–Trinajstić information content (AvgIpc) is 3.23. The number of imidazole rings is 1. The molecule has 2 heterocycles. The summed E-state index contributed by atoms with van der Waals surface area (Å²) in [4.78, 5) is 5.63. The molecule has 0 aliphatic carbocycles. The molecule has 0 saturated carbocycles. The number of alkyl halides is 2. The van der Waals surface area contributed by atoms with Crippen LogP contribution in [0.1, 0.15) is 11.1 Å². The zero-order valence-corrected chi connectivity index (χ0v) is 19.7. The predicted octanol–water partition coefficient (Wildman–Crippen LogP) is 2.84. The number of rotatable bonds is 11. The number of sulfonamides is 1. The molecular weight excluding hydrogens is 462 g/mol. The molecule has 0 atom stereocenters. The normalized spacial score (nSPS) is 15.9. The number of ether oxygens (including phenoxy) is 1. The maximum atomic E-state index is 12.9. The summed E-state index contributed by atoms with van der Waals surface area (Å²) in [6, 6.07) is 17.6. The quantitative estimate of drug-likeness (QED) is 0.419. The van der Waals surface area contributed by atoms with E-state index in [-0.39, 0.29) is 30.1 Å². The number of halogens is 2. The highest BCUT2D eigenvalue weighted by atomic mass is 32.2. The first-order chi connectivity index (χ1) is 16.3. The van der Waals surface area contributed by atoms with Gasteiger partial charge in [0.15, 0.2) is 5.03 Å². The molecule has 1 aliphatic heterocycles. The molecule has 0 radical (unpaired) electrons. The van der Waals surface area contributed by atoms with Crippen LogP contribution in [0.5, 0.6) is 5.75 Å². The van der Waals surface area contributed by atoms with Crippen molar-refractivity contribution in [1.29, 1.82) is 0 Å². The topological polar surface area (TPSA) is 76.5 Å². The fourth-order valence-electron chi connectivity index (χ4n) is 4.38. The molecule has 1 N–H and O–H groups in total. The maximum Gasteiger partial charge on any atom is 0.259 e. The molecule has 0 spiro atoms. The van der Waals surface area contributed by atoms with Crippen molar-refractivity contribution in [1.82, 2.24) is 19.2 Å². The molecular formula is C24H28F2N4O3S. The van der Waals surface area contributed by atoms with E-state index in [0.717, 1.165) is 17.5 Å². The van der Waals surface area contributed by atoms with E-state index >= 15 is 0 Å². The van der Waals surface area contributed by atoms with Gasteiger partial charge < -0.3 is 9.30 Å². The first kappa shape index (κ1) is 24.3. The molecule has 34 heavy (non-hydrogen) atoms. The average molecular weight is 491 g/mol. The van der Waals surface area contributed by atoms with Gasteiger partial charge in [0.05, 0.1) is 12.9 Å². The zero-order valence-electron chi connectivity index (χ0n) is 18.9. The van der Waals surface area contributed by atoms with Crippen LogP contribution in [0.15, 0.2) is 72.1 Å². The van der Waals surface area contributed by atoms with Gasteiger partial charge in [-0.25, -0.2) is 26.9 Å². The largest absolute Gasteiger partial charge is 0.492 e. The summed E-state index contributed by atoms with van der Waals surface area (Å²) < 4.78 is 60.2. The Kier molecular flexibility index (Phi) is 7.30. The summed E-state index contributed by atoms with van der Waals surface area (Å²) in [5.74, 6) is 0.606. The molecule has 1 fully saturated rings. The van der Waals surface area contributed by atoms with Crippen LogP contribution < -0.4 is 9.46 Å². The van der Waals surface area contributed by atoms with E-state index in [2.05, 4.69) is 9.71 Å². The van der Waals surface area contributed by atoms with Crippen molar-refractivity contribution in [2.75, 3.05) is 32.8 Å². The summed E-state index contributed by atoms with van der Waals surface area (Å²) in [6.45, 7) is 1.07. The van der Waals surface area contributed by atoms with Gasteiger partial charge in [-0.2, -0.15) is 0 Å². The Hall–Kier alpha value is -2.82. The number of aromatic nitrogens is 2. The molecule has 1 aromatic heterocycles. The summed E-state index contributed by atoms with van der Waals surface area (Å²) in [7, 11) is -2.00. The van der Waals surface area contributed by atoms with Crippen molar-refractivity contribution >= 4 is 10.0 Å². The lowest BCUT2D eigenvalue weighted by molar-refractivity contribution is 0.00610. The molecule has 7 nitrogen and oxygen atoms in total. The van der Waals surface area contributed by atoms with Gasteiger partial charge >= 0.3 is 0 Å². The van der Waals surface area contributed by atoms with Gasteiger partial charge in [-0.15, -0.1) is 0 Å². The number of benzene rings is 2. The van der Waals surface area contributed by atoms with Crippen LogP contribution >= 0.6 is 0 Å². The first-order valence-electron chi connectivity index (χ1n) is 11.0. The smallest absolute Gasteiger partial charge is 0.259 e. The number of likely N-dealkylation sites (tertiary alicyclic amines) is 1. The molecule has 0 bridgehead atoms. The molecule has 4 rings (SSSR count). The fraction of sp³-hybridized carbons (Fsp3) is 0.375. The van der Waals surface area contributed by atoms with Crippen molar-refractivity contribution in [3.8, 4) is 5.75 Å². The highest BCUT2D eigenvalue weighted by Crippen LogP contribution is 2.39. The Labute approximate surface area is 198 Å². The first-order valence-corrected chi connectivity index (χ1v) is 12.5. The number of nitrogens with one attached hydrogen (secondary N) is 1. The minimum atomic E-state index is -3.70. The summed E-state index contributed by atoms with van der Waals surface area (Å²) >= 11 is 0. The number of aryl methyl sites for hydroxylation is 1. The van der Waals surface area contributed by atoms with Gasteiger partial charge in [0.2, 0.25) is 0 Å². The number of nitrogens with zero attached hydrogens (tertiary/aromatic N) is 3. The summed E-state index contributed by atoms with van der Waals surface area (Å²) in [6.07, 6.45) is 1.22. The Bertz CT molecular complexity index is 1200. The number of hydrogen-bond acceptors (Lipinski definition) is 5. The standard InChI is InChI=1S/C24H28F2N4O3S/c1-29-15-23(27-18-29)34(31,32)28-10-11-33-21-9-5-8-20(12-21)24(13-19-6-3-2-4-7-19)16-30(17-24)14-22(25)26/h2-9,12,15,18,22,28H,10-11,13-14,16-17H2,1H3. The van der Waals surface area contributed by atoms with Crippen LogP contribution in [0.3, 0.4) is 0 Å². The molecule has 0 unspecified atom stereocenters. The monoisotopic (exact) mass is 490 g/mol. The van der Waals surface area contributed by atoms with Crippen LogP contribution in [-0.4, -0.2) is 62.1 Å². The van der Waals surface area contributed by atoms with Gasteiger partial charge in [0, 0.05) is 38.3 Å². The van der Waals surface area contributed by atoms with E-state index in [1.807, 2.05) is 54.6 Å². The van der Waals surface area contributed by atoms with Crippen LogP contribution in [0, 0.1) is 0 Å². The van der Waals surface area contributed by atoms with E-state index in [1.165, 1.54) is 12.5 Å². The lowest BCUT2D eigenvalue weighted by Gasteiger charge is -2.51. The van der Waals surface area contributed by atoms with Crippen LogP contribution in [0.2, 0.25) is 0 Å². The van der Waals surface area contributed by atoms with E-state index in [1.54, 1.807) is 16.5 Å². The lowest BCUT2D eigenvalue weighted by atomic mass is 9.69. The van der Waals surface area contributed by atoms with Crippen molar-refractivity contribution < 1.29 is 21.9 Å². The molecule has 182 valence electrons. The van der Waals surface area contributed by atoms with Crippen LogP contribution in [-0.2, 0) is 28.9 Å². The van der Waals surface area contributed by atoms with E-state index in [4.69, 9.17) is 4.74 Å². The Morgan fingerprint density at radius 3 is 2.59 bits per heavy atom. The second-order valence-electron chi connectivity index (χ2n) is 8.65. The van der Waals surface area contributed by atoms with Crippen molar-refractivity contribution in [3.63, 3.8) is 0 Å². The van der Waals surface area contributed by atoms with Gasteiger partial charge in [-0.1, -0.05) is 42.5 Å². The highest BCUT2D eigenvalue weighted by molar-refractivity contribution is 7.89. The van der Waals surface area contributed by atoms with Crippen LogP contribution in [0.4, 0.5) is 8.78 Å². The summed E-state index contributed by atoms with van der Waals surface area (Å²) in [5, 5.41) is -0.0433. The third-order valence-electron chi connectivity index (χ3n) is 5.90. The Balaban J connectivity index is 1.41. The minimum absolute atomic E-state index is 0.0433. The summed E-state index contributed by atoms with van der Waals surface area (Å²) in [5.41, 5.74) is 1.89. The highest BCUT2D eigenvalue weighted by Gasteiger charge is 2.45. The molecule has 0 amide bonds. The zero-order chi connectivity index (χ0) is 24.2. The van der Waals surface area contributed by atoms with E-state index in [9.17, 15) is 17.2 Å². The second kappa shape index (κ2) is 10.2. The van der Waals surface area contributed by atoms with Crippen molar-refractivity contribution in [2.24, 2.45) is 7.05 Å². The van der Waals surface area contributed by atoms with Gasteiger partial charge in [-0.3, -0.25) is 4.90 Å². The fourth-order valence-corrected chi connectivity index (χ4v) is 5.37. The number of hydrogen-bond donors (Lipinski definition) is 1. The minimum Gasteiger partial charge on any atom is -0.492 e. The molecule has 3 aromatic rings. The van der Waals surface area contributed by atoms with Gasteiger partial charge in [0.25, 0.3) is 16.4 Å². The van der Waals surface area contributed by atoms with Crippen LogP contribution in [0.25, 0.3) is 0 Å². The Morgan fingerprint density at radius 1 is 1.15 bits per heavy atom. The van der Waals surface area contributed by atoms with Gasteiger partial charge in [-0.05, 0) is 29.7 Å². The second-order valence-corrected chi connectivity index (χ2v) is 10.4. The van der Waals surface area contributed by atoms with E-state index in [0.29, 0.717) is 18.8 Å². The SMILES string of the molecule is Cn1cnc(S(=O)(=O)NCCOc2cccc(C3(Cc4ccccc4)CN(CC(F)F)C3)c2)c1. The maximum absolute atomic E-state index is 12.9. The lowest BCUT2D eigenvalue weighted by Crippen LogP contribution is -2.61. The third-order valence-corrected chi connectivity index (χ3v) is 7.25. The molecule has 1 aliphatic rings. The van der Waals surface area contributed by atoms with E-state index < -0.39 is 16.4 Å².